The maximum Gasteiger partial charge on any atom is 0.240 e. The van der Waals surface area contributed by atoms with E-state index in [0.717, 1.165) is 63.5 Å². The third kappa shape index (κ3) is 3.41. The van der Waals surface area contributed by atoms with Crippen LogP contribution in [0.3, 0.4) is 0 Å². The van der Waals surface area contributed by atoms with Crippen LogP contribution in [-0.4, -0.2) is 71.1 Å². The van der Waals surface area contributed by atoms with Crippen LogP contribution in [0, 0.1) is 0 Å². The number of nitrogens with zero attached hydrogens (tertiary/aromatic N) is 4. The summed E-state index contributed by atoms with van der Waals surface area (Å²) in [4.78, 5) is 26.7. The van der Waals surface area contributed by atoms with E-state index in [4.69, 9.17) is 9.72 Å². The molecule has 0 saturated carbocycles. The predicted molar refractivity (Wildman–Crippen MR) is 93.0 cm³/mol. The molecule has 0 spiro atoms. The fourth-order valence-corrected chi connectivity index (χ4v) is 4.07. The maximum absolute atomic E-state index is 13.1. The van der Waals surface area contributed by atoms with Gasteiger partial charge in [0, 0.05) is 56.6 Å². The Kier molecular flexibility index (Phi) is 4.96. The van der Waals surface area contributed by atoms with Gasteiger partial charge in [-0.1, -0.05) is 0 Å². The lowest BCUT2D eigenvalue weighted by molar-refractivity contribution is -0.139. The number of aromatic nitrogens is 2. The quantitative estimate of drug-likeness (QED) is 0.861. The zero-order valence-corrected chi connectivity index (χ0v) is 14.9. The summed E-state index contributed by atoms with van der Waals surface area (Å²) >= 11 is 0. The fourth-order valence-electron chi connectivity index (χ4n) is 4.07. The van der Waals surface area contributed by atoms with Crippen LogP contribution in [0.1, 0.15) is 42.9 Å². The first-order valence-corrected chi connectivity index (χ1v) is 9.42. The number of hydrogen-bond donors (Lipinski definition) is 1. The number of amides is 1. The van der Waals surface area contributed by atoms with Crippen LogP contribution in [0.4, 0.5) is 0 Å². The summed E-state index contributed by atoms with van der Waals surface area (Å²) in [5, 5.41) is 3.35. The lowest BCUT2D eigenvalue weighted by Gasteiger charge is -2.35. The van der Waals surface area contributed by atoms with E-state index in [1.165, 1.54) is 5.56 Å². The summed E-state index contributed by atoms with van der Waals surface area (Å²) in [6, 6.07) is -0.0810. The highest BCUT2D eigenvalue weighted by Gasteiger charge is 2.36. The molecule has 4 heterocycles. The second kappa shape index (κ2) is 7.35. The number of hydrogen-bond acceptors (Lipinski definition) is 6. The van der Waals surface area contributed by atoms with E-state index in [1.54, 1.807) is 0 Å². The van der Waals surface area contributed by atoms with Crippen molar-refractivity contribution >= 4 is 5.91 Å². The van der Waals surface area contributed by atoms with Crippen LogP contribution < -0.4 is 5.32 Å². The largest absolute Gasteiger partial charge is 0.379 e. The van der Waals surface area contributed by atoms with Gasteiger partial charge in [-0.05, 0) is 19.8 Å². The van der Waals surface area contributed by atoms with Gasteiger partial charge in [-0.15, -0.1) is 0 Å². The number of carbonyl (C=O) groups is 1. The third-order valence-electron chi connectivity index (χ3n) is 5.61. The number of nitrogens with one attached hydrogen (secondary N) is 1. The van der Waals surface area contributed by atoms with E-state index in [-0.39, 0.29) is 18.0 Å². The number of likely N-dealkylation sites (tertiary alicyclic amines) is 1. The highest BCUT2D eigenvalue weighted by Crippen LogP contribution is 2.31. The van der Waals surface area contributed by atoms with Crippen LogP contribution in [0.15, 0.2) is 6.20 Å². The van der Waals surface area contributed by atoms with Crippen LogP contribution in [0.5, 0.6) is 0 Å². The third-order valence-corrected chi connectivity index (χ3v) is 5.61. The summed E-state index contributed by atoms with van der Waals surface area (Å²) in [6.45, 7) is 7.71. The lowest BCUT2D eigenvalue weighted by Crippen LogP contribution is -2.50. The Labute approximate surface area is 148 Å². The van der Waals surface area contributed by atoms with Crippen molar-refractivity contribution < 1.29 is 9.53 Å². The van der Waals surface area contributed by atoms with Crippen molar-refractivity contribution in [1.29, 1.82) is 0 Å². The molecule has 2 fully saturated rings. The molecule has 136 valence electrons. The van der Waals surface area contributed by atoms with E-state index in [0.29, 0.717) is 13.2 Å². The number of rotatable bonds is 3. The Hall–Kier alpha value is -1.57. The van der Waals surface area contributed by atoms with Crippen molar-refractivity contribution in [3.63, 3.8) is 0 Å². The first-order valence-electron chi connectivity index (χ1n) is 9.42. The van der Waals surface area contributed by atoms with E-state index < -0.39 is 0 Å². The second-order valence-corrected chi connectivity index (χ2v) is 7.14. The molecule has 0 aromatic carbocycles. The summed E-state index contributed by atoms with van der Waals surface area (Å²) in [5.74, 6) is 1.02. The van der Waals surface area contributed by atoms with Gasteiger partial charge in [-0.2, -0.15) is 0 Å². The average molecular weight is 345 g/mol. The SMILES string of the molecule is C[C@H](C(=O)N1CCC[C@H]1c1ncc2c(n1)CCNC2)N1CCOCC1. The molecule has 1 aromatic heterocycles. The maximum atomic E-state index is 13.1. The Morgan fingerprint density at radius 2 is 2.20 bits per heavy atom. The highest BCUT2D eigenvalue weighted by atomic mass is 16.5. The van der Waals surface area contributed by atoms with Gasteiger partial charge < -0.3 is 15.0 Å². The Morgan fingerprint density at radius 3 is 3.04 bits per heavy atom. The predicted octanol–water partition coefficient (Wildman–Crippen LogP) is 0.507. The van der Waals surface area contributed by atoms with Gasteiger partial charge in [0.1, 0.15) is 0 Å². The zero-order chi connectivity index (χ0) is 17.2. The van der Waals surface area contributed by atoms with Gasteiger partial charge in [0.2, 0.25) is 5.91 Å². The second-order valence-electron chi connectivity index (χ2n) is 7.14. The van der Waals surface area contributed by atoms with E-state index >= 15 is 0 Å². The molecular formula is C18H27N5O2. The molecule has 0 radical (unpaired) electrons. The van der Waals surface area contributed by atoms with Gasteiger partial charge in [0.05, 0.1) is 25.3 Å². The number of morpholine rings is 1. The zero-order valence-electron chi connectivity index (χ0n) is 14.9. The summed E-state index contributed by atoms with van der Waals surface area (Å²) in [6.07, 6.45) is 4.86. The molecular weight excluding hydrogens is 318 g/mol. The van der Waals surface area contributed by atoms with Gasteiger partial charge in [0.15, 0.2) is 5.82 Å². The fraction of sp³-hybridized carbons (Fsp3) is 0.722. The van der Waals surface area contributed by atoms with Gasteiger partial charge in [-0.3, -0.25) is 9.69 Å². The van der Waals surface area contributed by atoms with E-state index in [2.05, 4.69) is 15.2 Å². The number of carbonyl (C=O) groups excluding carboxylic acids is 1. The minimum Gasteiger partial charge on any atom is -0.379 e. The normalized spacial score (nSPS) is 25.6. The Morgan fingerprint density at radius 1 is 1.36 bits per heavy atom. The molecule has 25 heavy (non-hydrogen) atoms. The van der Waals surface area contributed by atoms with Crippen molar-refractivity contribution in [3.05, 3.63) is 23.3 Å². The molecule has 1 amide bonds. The first-order chi connectivity index (χ1) is 12.2. The molecule has 2 atom stereocenters. The minimum atomic E-state index is -0.105. The molecule has 1 aromatic rings. The smallest absolute Gasteiger partial charge is 0.240 e. The standard InChI is InChI=1S/C18H27N5O2/c1-13(22-7-9-25-10-8-22)18(24)23-6-2-3-16(23)17-20-12-14-11-19-5-4-15(14)21-17/h12-13,16,19H,2-11H2,1H3/t13-,16+/m1/s1. The number of fused-ring (bicyclic) bond motifs is 1. The Balaban J connectivity index is 1.50. The van der Waals surface area contributed by atoms with E-state index in [9.17, 15) is 4.79 Å². The van der Waals surface area contributed by atoms with E-state index in [1.807, 2.05) is 18.0 Å². The van der Waals surface area contributed by atoms with Crippen molar-refractivity contribution in [2.45, 2.75) is 44.8 Å². The van der Waals surface area contributed by atoms with Crippen LogP contribution in [0.2, 0.25) is 0 Å². The van der Waals surface area contributed by atoms with Gasteiger partial charge >= 0.3 is 0 Å². The van der Waals surface area contributed by atoms with Gasteiger partial charge in [0.25, 0.3) is 0 Å². The van der Waals surface area contributed by atoms with Crippen molar-refractivity contribution in [2.24, 2.45) is 0 Å². The summed E-state index contributed by atoms with van der Waals surface area (Å²) in [7, 11) is 0. The van der Waals surface area contributed by atoms with Crippen molar-refractivity contribution in [2.75, 3.05) is 39.4 Å². The minimum absolute atomic E-state index is 0.0242. The molecule has 3 aliphatic heterocycles. The first kappa shape index (κ1) is 16.9. The summed E-state index contributed by atoms with van der Waals surface area (Å²) < 4.78 is 5.41. The molecule has 0 unspecified atom stereocenters. The lowest BCUT2D eigenvalue weighted by atomic mass is 10.1. The molecule has 0 bridgehead atoms. The molecule has 3 aliphatic rings. The molecule has 2 saturated heterocycles. The molecule has 0 aliphatic carbocycles. The highest BCUT2D eigenvalue weighted by molar-refractivity contribution is 5.82. The van der Waals surface area contributed by atoms with Crippen molar-refractivity contribution in [1.82, 2.24) is 25.1 Å². The molecule has 4 rings (SSSR count). The van der Waals surface area contributed by atoms with Crippen molar-refractivity contribution in [3.8, 4) is 0 Å². The average Bonchev–Trinajstić information content (AvgIpc) is 3.17. The van der Waals surface area contributed by atoms with Gasteiger partial charge in [-0.25, -0.2) is 9.97 Å². The Bertz CT molecular complexity index is 632. The molecule has 7 nitrogen and oxygen atoms in total. The molecule has 7 heteroatoms. The van der Waals surface area contributed by atoms with Crippen LogP contribution in [-0.2, 0) is 22.5 Å². The van der Waals surface area contributed by atoms with Crippen LogP contribution in [0.25, 0.3) is 0 Å². The summed E-state index contributed by atoms with van der Waals surface area (Å²) in [5.41, 5.74) is 2.33. The monoisotopic (exact) mass is 345 g/mol. The van der Waals surface area contributed by atoms with Crippen LogP contribution >= 0.6 is 0 Å². The topological polar surface area (TPSA) is 70.6 Å². The number of ether oxygens (including phenoxy) is 1. The molecule has 1 N–H and O–H groups in total.